The molecule has 2 nitrogen and oxygen atoms in total. The maximum Gasteiger partial charge on any atom is 0.148 e. The van der Waals surface area contributed by atoms with Crippen LogP contribution in [0.2, 0.25) is 0 Å². The maximum atomic E-state index is 13.8. The molecule has 0 spiro atoms. The smallest absolute Gasteiger partial charge is 0.148 e. The molecule has 154 valence electrons. The van der Waals surface area contributed by atoms with Gasteiger partial charge in [-0.1, -0.05) is 43.7 Å². The van der Waals surface area contributed by atoms with Crippen LogP contribution in [0.3, 0.4) is 0 Å². The molecule has 0 aromatic heterocycles. The van der Waals surface area contributed by atoms with E-state index in [1.54, 1.807) is 12.1 Å². The van der Waals surface area contributed by atoms with Gasteiger partial charge in [0, 0.05) is 17.7 Å². The quantitative estimate of drug-likeness (QED) is 0.409. The largest absolute Gasteiger partial charge is 0.299 e. The number of benzene rings is 2. The predicted molar refractivity (Wildman–Crippen MR) is 117 cm³/mol. The number of halogens is 1. The third kappa shape index (κ3) is 4.98. The van der Waals surface area contributed by atoms with Crippen LogP contribution >= 0.6 is 11.8 Å². The van der Waals surface area contributed by atoms with E-state index in [2.05, 4.69) is 32.9 Å². The lowest BCUT2D eigenvalue weighted by atomic mass is 9.73. The summed E-state index contributed by atoms with van der Waals surface area (Å²) in [5.74, 6) is 0.0571. The van der Waals surface area contributed by atoms with Gasteiger partial charge in [-0.3, -0.25) is 9.59 Å². The second-order valence-corrected chi connectivity index (χ2v) is 9.05. The molecule has 0 amide bonds. The first kappa shape index (κ1) is 21.8. The first-order chi connectivity index (χ1) is 13.9. The lowest BCUT2D eigenvalue weighted by Crippen LogP contribution is -2.33. The van der Waals surface area contributed by atoms with E-state index in [-0.39, 0.29) is 23.3 Å². The van der Waals surface area contributed by atoms with E-state index in [4.69, 9.17) is 0 Å². The van der Waals surface area contributed by atoms with E-state index < -0.39 is 5.92 Å². The molecule has 2 aromatic carbocycles. The minimum absolute atomic E-state index is 0.0513. The van der Waals surface area contributed by atoms with Crippen LogP contribution in [0, 0.1) is 18.7 Å². The van der Waals surface area contributed by atoms with Crippen molar-refractivity contribution in [1.82, 2.24) is 0 Å². The Bertz CT molecular complexity index is 862. The van der Waals surface area contributed by atoms with Crippen molar-refractivity contribution >= 4 is 23.3 Å². The van der Waals surface area contributed by atoms with Gasteiger partial charge >= 0.3 is 0 Å². The molecule has 0 saturated heterocycles. The molecule has 0 heterocycles. The zero-order chi connectivity index (χ0) is 21.0. The molecule has 0 atom stereocenters. The lowest BCUT2D eigenvalue weighted by Gasteiger charge is -2.29. The third-order valence-corrected chi connectivity index (χ3v) is 6.87. The molecule has 0 unspecified atom stereocenters. The Balaban J connectivity index is 1.70. The van der Waals surface area contributed by atoms with Gasteiger partial charge in [-0.15, -0.1) is 11.8 Å². The Labute approximate surface area is 177 Å². The highest BCUT2D eigenvalue weighted by Crippen LogP contribution is 2.37. The summed E-state index contributed by atoms with van der Waals surface area (Å²) < 4.78 is 13.8. The summed E-state index contributed by atoms with van der Waals surface area (Å²) in [5.41, 5.74) is 4.40. The van der Waals surface area contributed by atoms with Crippen molar-refractivity contribution in [3.8, 4) is 0 Å². The van der Waals surface area contributed by atoms with Crippen molar-refractivity contribution in [3.05, 3.63) is 64.5 Å². The van der Waals surface area contributed by atoms with Crippen molar-refractivity contribution in [2.75, 3.05) is 5.75 Å². The first-order valence-electron chi connectivity index (χ1n) is 10.5. The second-order valence-electron chi connectivity index (χ2n) is 7.91. The van der Waals surface area contributed by atoms with Crippen LogP contribution in [-0.4, -0.2) is 17.3 Å². The summed E-state index contributed by atoms with van der Waals surface area (Å²) in [6, 6.07) is 11.0. The molecule has 0 N–H and O–H groups in total. The number of carbonyl (C=O) groups is 2. The highest BCUT2D eigenvalue weighted by Gasteiger charge is 2.38. The summed E-state index contributed by atoms with van der Waals surface area (Å²) in [4.78, 5) is 26.7. The van der Waals surface area contributed by atoms with Gasteiger partial charge in [0.05, 0.1) is 0 Å². The number of rotatable bonds is 7. The summed E-state index contributed by atoms with van der Waals surface area (Å²) >= 11 is 1.46. The van der Waals surface area contributed by atoms with E-state index in [1.807, 2.05) is 6.07 Å². The van der Waals surface area contributed by atoms with Crippen molar-refractivity contribution in [2.24, 2.45) is 5.92 Å². The molecular weight excluding hydrogens is 383 g/mol. The average Bonchev–Trinajstić information content (AvgIpc) is 2.69. The molecule has 1 aliphatic rings. The summed E-state index contributed by atoms with van der Waals surface area (Å²) in [7, 11) is 0. The van der Waals surface area contributed by atoms with Crippen molar-refractivity contribution < 1.29 is 14.0 Å². The molecule has 1 saturated carbocycles. The molecule has 1 fully saturated rings. The number of aryl methyl sites for hydroxylation is 3. The summed E-state index contributed by atoms with van der Waals surface area (Å²) in [6.45, 7) is 6.23. The van der Waals surface area contributed by atoms with E-state index in [0.29, 0.717) is 23.5 Å². The molecule has 0 bridgehead atoms. The molecule has 29 heavy (non-hydrogen) atoms. The molecule has 2 aromatic rings. The topological polar surface area (TPSA) is 34.1 Å². The number of carbonyl (C=O) groups excluding carboxylic acids is 2. The van der Waals surface area contributed by atoms with Crippen molar-refractivity contribution in [2.45, 2.75) is 63.7 Å². The van der Waals surface area contributed by atoms with Crippen LogP contribution in [0.15, 0.2) is 41.3 Å². The summed E-state index contributed by atoms with van der Waals surface area (Å²) in [5, 5.41) is 0. The monoisotopic (exact) mass is 412 g/mol. The fourth-order valence-corrected chi connectivity index (χ4v) is 5.44. The fourth-order valence-electron chi connectivity index (χ4n) is 4.39. The zero-order valence-corrected chi connectivity index (χ0v) is 18.3. The van der Waals surface area contributed by atoms with E-state index >= 15 is 0 Å². The van der Waals surface area contributed by atoms with Gasteiger partial charge in [0.25, 0.3) is 0 Å². The molecule has 1 aliphatic carbocycles. The predicted octanol–water partition coefficient (Wildman–Crippen LogP) is 6.07. The van der Waals surface area contributed by atoms with E-state index in [0.717, 1.165) is 36.0 Å². The second kappa shape index (κ2) is 9.71. The number of thioether (sulfide) groups is 1. The fraction of sp³-hybridized carbons (Fsp3) is 0.440. The Hall–Kier alpha value is -1.94. The van der Waals surface area contributed by atoms with Gasteiger partial charge in [0.2, 0.25) is 0 Å². The van der Waals surface area contributed by atoms with Gasteiger partial charge in [-0.2, -0.15) is 0 Å². The summed E-state index contributed by atoms with van der Waals surface area (Å²) in [6.07, 6.45) is 3.27. The number of hydrogen-bond acceptors (Lipinski definition) is 3. The highest BCUT2D eigenvalue weighted by atomic mass is 32.2. The van der Waals surface area contributed by atoms with Crippen LogP contribution in [0.1, 0.15) is 61.3 Å². The van der Waals surface area contributed by atoms with Crippen LogP contribution in [0.4, 0.5) is 4.39 Å². The molecule has 0 aliphatic heterocycles. The maximum absolute atomic E-state index is 13.8. The highest BCUT2D eigenvalue weighted by molar-refractivity contribution is 7.99. The molecule has 0 radical (unpaired) electrons. The number of Topliss-reactive ketones (excluding diaryl/α,β-unsaturated/α-hetero) is 2. The standard InChI is InChI=1S/C25H29FO2S/c1-4-18-12-16(3)13-19(5-2)24(18)25-21(27)14-17(15-22(25)28)10-11-29-23-9-7-6-8-20(23)26/h6-9,12-13,17,25H,4-5,10-11,14-15H2,1-3H3. The van der Waals surface area contributed by atoms with E-state index in [9.17, 15) is 14.0 Å². The number of ketones is 2. The normalized spacial score (nSPS) is 19.6. The lowest BCUT2D eigenvalue weighted by molar-refractivity contribution is -0.133. The average molecular weight is 413 g/mol. The van der Waals surface area contributed by atoms with E-state index in [1.165, 1.54) is 23.4 Å². The van der Waals surface area contributed by atoms with Gasteiger partial charge in [-0.05, 0) is 66.7 Å². The SMILES string of the molecule is CCc1cc(C)cc(CC)c1C1C(=O)CC(CCSc2ccccc2F)CC1=O. The Kier molecular flexibility index (Phi) is 7.28. The van der Waals surface area contributed by atoms with Gasteiger partial charge in [-0.25, -0.2) is 4.39 Å². The van der Waals surface area contributed by atoms with Crippen LogP contribution in [0.25, 0.3) is 0 Å². The van der Waals surface area contributed by atoms with Gasteiger partial charge in [0.1, 0.15) is 23.3 Å². The minimum atomic E-state index is -0.601. The van der Waals surface area contributed by atoms with Gasteiger partial charge in [0.15, 0.2) is 0 Å². The minimum Gasteiger partial charge on any atom is -0.299 e. The van der Waals surface area contributed by atoms with Crippen LogP contribution in [0.5, 0.6) is 0 Å². The Morgan fingerprint density at radius 3 is 2.14 bits per heavy atom. The Morgan fingerprint density at radius 2 is 1.59 bits per heavy atom. The van der Waals surface area contributed by atoms with Crippen LogP contribution in [-0.2, 0) is 22.4 Å². The van der Waals surface area contributed by atoms with Crippen molar-refractivity contribution in [1.29, 1.82) is 0 Å². The molecular formula is C25H29FO2S. The third-order valence-electron chi connectivity index (χ3n) is 5.79. The number of hydrogen-bond donors (Lipinski definition) is 0. The van der Waals surface area contributed by atoms with Gasteiger partial charge < -0.3 is 0 Å². The zero-order valence-electron chi connectivity index (χ0n) is 17.5. The molecule has 4 heteroatoms. The van der Waals surface area contributed by atoms with Crippen LogP contribution < -0.4 is 0 Å². The van der Waals surface area contributed by atoms with Crippen molar-refractivity contribution in [3.63, 3.8) is 0 Å². The first-order valence-corrected chi connectivity index (χ1v) is 11.5. The Morgan fingerprint density at radius 1 is 1.00 bits per heavy atom. The molecule has 3 rings (SSSR count).